The first-order valence-electron chi connectivity index (χ1n) is 8.91. The van der Waals surface area contributed by atoms with E-state index in [1.54, 1.807) is 0 Å². The fourth-order valence-electron chi connectivity index (χ4n) is 4.54. The lowest BCUT2D eigenvalue weighted by Gasteiger charge is -2.46. The van der Waals surface area contributed by atoms with Crippen molar-refractivity contribution in [1.82, 2.24) is 5.32 Å². The standard InChI is InChI=1S/C19H28N2O/c1-3-11-21-16-8-6-9-17(21)13-15(12-16)20-19(22)18-10-5-4-7-14(18)2/h4-5,7,10,15-17H,3,6,8-9,11-13H2,1-2H3,(H,20,22)/p+1/t15?,16-,17+. The number of benzene rings is 1. The summed E-state index contributed by atoms with van der Waals surface area (Å²) in [5, 5.41) is 3.31. The molecule has 2 N–H and O–H groups in total. The highest BCUT2D eigenvalue weighted by Gasteiger charge is 2.41. The molecule has 1 aromatic rings. The summed E-state index contributed by atoms with van der Waals surface area (Å²) in [7, 11) is 0. The normalized spacial score (nSPS) is 30.8. The lowest BCUT2D eigenvalue weighted by Crippen LogP contribution is -3.21. The van der Waals surface area contributed by atoms with Crippen LogP contribution in [0.4, 0.5) is 0 Å². The van der Waals surface area contributed by atoms with Gasteiger partial charge in [0.15, 0.2) is 0 Å². The van der Waals surface area contributed by atoms with Gasteiger partial charge in [-0.05, 0) is 44.2 Å². The lowest BCUT2D eigenvalue weighted by molar-refractivity contribution is -0.961. The van der Waals surface area contributed by atoms with E-state index in [0.29, 0.717) is 6.04 Å². The molecule has 4 atom stereocenters. The Hall–Kier alpha value is -1.35. The topological polar surface area (TPSA) is 33.5 Å². The fourth-order valence-corrected chi connectivity index (χ4v) is 4.54. The zero-order chi connectivity index (χ0) is 15.5. The van der Waals surface area contributed by atoms with Gasteiger partial charge < -0.3 is 10.2 Å². The van der Waals surface area contributed by atoms with Crippen molar-refractivity contribution in [2.24, 2.45) is 0 Å². The maximum atomic E-state index is 12.5. The van der Waals surface area contributed by atoms with Crippen molar-refractivity contribution in [2.75, 3.05) is 6.54 Å². The van der Waals surface area contributed by atoms with Gasteiger partial charge in [0.05, 0.1) is 18.6 Å². The van der Waals surface area contributed by atoms with E-state index >= 15 is 0 Å². The van der Waals surface area contributed by atoms with Crippen LogP contribution in [-0.4, -0.2) is 30.6 Å². The highest BCUT2D eigenvalue weighted by Crippen LogP contribution is 2.22. The molecule has 2 heterocycles. The fraction of sp³-hybridized carbons (Fsp3) is 0.632. The van der Waals surface area contributed by atoms with E-state index in [4.69, 9.17) is 0 Å². The van der Waals surface area contributed by atoms with Crippen LogP contribution < -0.4 is 10.2 Å². The number of carbonyl (C=O) groups excluding carboxylic acids is 1. The second-order valence-electron chi connectivity index (χ2n) is 7.11. The van der Waals surface area contributed by atoms with Crippen LogP contribution in [0.25, 0.3) is 0 Å². The molecule has 2 aliphatic rings. The van der Waals surface area contributed by atoms with Crippen LogP contribution in [0, 0.1) is 6.92 Å². The summed E-state index contributed by atoms with van der Waals surface area (Å²) >= 11 is 0. The molecule has 2 saturated heterocycles. The highest BCUT2D eigenvalue weighted by molar-refractivity contribution is 5.95. The van der Waals surface area contributed by atoms with Crippen LogP contribution in [0.1, 0.15) is 61.4 Å². The lowest BCUT2D eigenvalue weighted by atomic mass is 9.81. The van der Waals surface area contributed by atoms with Crippen LogP contribution >= 0.6 is 0 Å². The first kappa shape index (κ1) is 15.5. The van der Waals surface area contributed by atoms with E-state index in [-0.39, 0.29) is 5.91 Å². The van der Waals surface area contributed by atoms with Crippen LogP contribution in [0.2, 0.25) is 0 Å². The molecule has 1 aromatic carbocycles. The van der Waals surface area contributed by atoms with Crippen molar-refractivity contribution in [1.29, 1.82) is 0 Å². The molecule has 3 heteroatoms. The number of fused-ring (bicyclic) bond motifs is 2. The van der Waals surface area contributed by atoms with E-state index in [1.807, 2.05) is 36.1 Å². The van der Waals surface area contributed by atoms with Crippen LogP contribution in [0.15, 0.2) is 24.3 Å². The molecule has 0 spiro atoms. The molecule has 0 radical (unpaired) electrons. The predicted octanol–water partition coefficient (Wildman–Crippen LogP) is 2.10. The quantitative estimate of drug-likeness (QED) is 0.877. The zero-order valence-corrected chi connectivity index (χ0v) is 13.9. The minimum Gasteiger partial charge on any atom is -0.349 e. The number of nitrogens with one attached hydrogen (secondary N) is 2. The smallest absolute Gasteiger partial charge is 0.251 e. The minimum absolute atomic E-state index is 0.111. The Morgan fingerprint density at radius 3 is 2.55 bits per heavy atom. The van der Waals surface area contributed by atoms with E-state index in [9.17, 15) is 4.79 Å². The molecule has 0 saturated carbocycles. The third-order valence-electron chi connectivity index (χ3n) is 5.56. The molecule has 2 aliphatic heterocycles. The number of aryl methyl sites for hydroxylation is 1. The third kappa shape index (κ3) is 3.19. The zero-order valence-electron chi connectivity index (χ0n) is 13.9. The summed E-state index contributed by atoms with van der Waals surface area (Å²) in [5.74, 6) is 0.111. The highest BCUT2D eigenvalue weighted by atomic mass is 16.1. The average molecular weight is 301 g/mol. The van der Waals surface area contributed by atoms with Crippen LogP contribution in [0.5, 0.6) is 0 Å². The number of quaternary nitrogens is 1. The van der Waals surface area contributed by atoms with Crippen molar-refractivity contribution < 1.29 is 9.69 Å². The Labute approximate surface area is 134 Å². The van der Waals surface area contributed by atoms with E-state index in [1.165, 1.54) is 32.2 Å². The van der Waals surface area contributed by atoms with E-state index < -0.39 is 0 Å². The summed E-state index contributed by atoms with van der Waals surface area (Å²) in [6, 6.07) is 9.77. The Balaban J connectivity index is 1.65. The van der Waals surface area contributed by atoms with Crippen LogP contribution in [0.3, 0.4) is 0 Å². The molecule has 0 aromatic heterocycles. The largest absolute Gasteiger partial charge is 0.349 e. The Kier molecular flexibility index (Phi) is 4.82. The van der Waals surface area contributed by atoms with Gasteiger partial charge in [-0.15, -0.1) is 0 Å². The van der Waals surface area contributed by atoms with Gasteiger partial charge in [0.2, 0.25) is 0 Å². The molecular weight excluding hydrogens is 272 g/mol. The predicted molar refractivity (Wildman–Crippen MR) is 89.2 cm³/mol. The Morgan fingerprint density at radius 2 is 1.91 bits per heavy atom. The first-order valence-corrected chi connectivity index (χ1v) is 8.91. The van der Waals surface area contributed by atoms with Gasteiger partial charge >= 0.3 is 0 Å². The number of hydrogen-bond donors (Lipinski definition) is 2. The summed E-state index contributed by atoms with van der Waals surface area (Å²) < 4.78 is 0. The van der Waals surface area contributed by atoms with Crippen molar-refractivity contribution >= 4 is 5.91 Å². The molecule has 1 amide bonds. The van der Waals surface area contributed by atoms with Crippen molar-refractivity contribution in [3.63, 3.8) is 0 Å². The molecule has 22 heavy (non-hydrogen) atoms. The SMILES string of the molecule is CCC[NH+]1[C@@H]2CCC[C@H]1CC(NC(=O)c1ccccc1C)C2. The molecule has 3 rings (SSSR count). The molecule has 2 bridgehead atoms. The van der Waals surface area contributed by atoms with Gasteiger partial charge in [-0.3, -0.25) is 4.79 Å². The first-order chi connectivity index (χ1) is 10.7. The monoisotopic (exact) mass is 301 g/mol. The number of rotatable bonds is 4. The molecule has 3 nitrogen and oxygen atoms in total. The summed E-state index contributed by atoms with van der Waals surface area (Å²) in [4.78, 5) is 14.4. The van der Waals surface area contributed by atoms with Crippen molar-refractivity contribution in [3.8, 4) is 0 Å². The Bertz CT molecular complexity index is 514. The van der Waals surface area contributed by atoms with Gasteiger partial charge in [-0.1, -0.05) is 25.1 Å². The van der Waals surface area contributed by atoms with Gasteiger partial charge in [0.1, 0.15) is 0 Å². The van der Waals surface area contributed by atoms with Gasteiger partial charge in [0.25, 0.3) is 5.91 Å². The van der Waals surface area contributed by atoms with Gasteiger partial charge in [-0.25, -0.2) is 0 Å². The van der Waals surface area contributed by atoms with E-state index in [2.05, 4.69) is 12.2 Å². The summed E-state index contributed by atoms with van der Waals surface area (Å²) in [6.07, 6.45) is 7.63. The second-order valence-corrected chi connectivity index (χ2v) is 7.11. The Morgan fingerprint density at radius 1 is 1.23 bits per heavy atom. The van der Waals surface area contributed by atoms with E-state index in [0.717, 1.165) is 36.1 Å². The van der Waals surface area contributed by atoms with Gasteiger partial charge in [0, 0.05) is 24.4 Å². The maximum Gasteiger partial charge on any atom is 0.251 e. The van der Waals surface area contributed by atoms with Crippen molar-refractivity contribution in [3.05, 3.63) is 35.4 Å². The number of carbonyl (C=O) groups is 1. The second kappa shape index (κ2) is 6.82. The molecule has 120 valence electrons. The summed E-state index contributed by atoms with van der Waals surface area (Å²) in [5.41, 5.74) is 1.89. The van der Waals surface area contributed by atoms with Gasteiger partial charge in [-0.2, -0.15) is 0 Å². The number of piperidine rings is 2. The van der Waals surface area contributed by atoms with Crippen molar-refractivity contribution in [2.45, 2.75) is 70.5 Å². The molecule has 2 fully saturated rings. The third-order valence-corrected chi connectivity index (χ3v) is 5.56. The molecule has 2 unspecified atom stereocenters. The average Bonchev–Trinajstić information content (AvgIpc) is 2.48. The maximum absolute atomic E-state index is 12.5. The minimum atomic E-state index is 0.111. The molecular formula is C19H29N2O+. The number of amides is 1. The van der Waals surface area contributed by atoms with Crippen LogP contribution in [-0.2, 0) is 0 Å². The molecule has 0 aliphatic carbocycles. The number of hydrogen-bond acceptors (Lipinski definition) is 1. The summed E-state index contributed by atoms with van der Waals surface area (Å²) in [6.45, 7) is 5.60.